The largest absolute Gasteiger partial charge is 0.381 e. The Balaban J connectivity index is 4.67. The van der Waals surface area contributed by atoms with Crippen molar-refractivity contribution in [3.05, 3.63) is 6.43 Å². The van der Waals surface area contributed by atoms with Gasteiger partial charge in [0.25, 0.3) is 0 Å². The van der Waals surface area contributed by atoms with Gasteiger partial charge in [0, 0.05) is 0 Å². The van der Waals surface area contributed by atoms with Gasteiger partial charge in [0.05, 0.1) is 0 Å². The molecule has 0 heterocycles. The zero-order valence-electron chi connectivity index (χ0n) is 5.81. The number of hydrogen-bond donors (Lipinski definition) is 0. The number of hydrogen-bond acceptors (Lipinski definition) is 0. The highest BCUT2D eigenvalue weighted by molar-refractivity contribution is 4.97. The fraction of sp³-hybridized carbons (Fsp3) is 0.800. The minimum Gasteiger partial charge on any atom is -0.244 e. The van der Waals surface area contributed by atoms with Gasteiger partial charge in [0.15, 0.2) is 6.67 Å². The molecule has 8 heteroatoms. The molecule has 1 unspecified atom stereocenters. The molecule has 0 N–H and O–H groups in total. The molecule has 79 valence electrons. The zero-order valence-corrected chi connectivity index (χ0v) is 5.81. The molecule has 0 saturated heterocycles. The van der Waals surface area contributed by atoms with Crippen molar-refractivity contribution < 1.29 is 35.1 Å². The zero-order chi connectivity index (χ0) is 10.9. The Kier molecular flexibility index (Phi) is 3.51. The molecule has 0 aliphatic rings. The highest BCUT2D eigenvalue weighted by Gasteiger charge is 2.62. The molecule has 0 fully saturated rings. The molecular weight excluding hydrogens is 212 g/mol. The Morgan fingerprint density at radius 1 is 1.08 bits per heavy atom. The van der Waals surface area contributed by atoms with Crippen LogP contribution in [0.15, 0.2) is 0 Å². The molecule has 0 aliphatic carbocycles. The summed E-state index contributed by atoms with van der Waals surface area (Å²) in [7, 11) is 0. The topological polar surface area (TPSA) is 0 Å². The van der Waals surface area contributed by atoms with Crippen LogP contribution >= 0.6 is 0 Å². The van der Waals surface area contributed by atoms with Gasteiger partial charge in [-0.25, -0.2) is 17.6 Å². The van der Waals surface area contributed by atoms with E-state index in [4.69, 9.17) is 0 Å². The van der Waals surface area contributed by atoms with Crippen LogP contribution in [0.1, 0.15) is 0 Å². The van der Waals surface area contributed by atoms with Crippen LogP contribution in [-0.4, -0.2) is 24.7 Å². The molecule has 0 spiro atoms. The first-order valence-corrected chi connectivity index (χ1v) is 2.80. The van der Waals surface area contributed by atoms with Gasteiger partial charge in [0.2, 0.25) is 6.17 Å². The minimum atomic E-state index is -5.63. The highest BCUT2D eigenvalue weighted by Crippen LogP contribution is 2.41. The van der Waals surface area contributed by atoms with Gasteiger partial charge in [-0.3, -0.25) is 0 Å². The maximum absolute atomic E-state index is 12.0. The summed E-state index contributed by atoms with van der Waals surface area (Å²) in [5.41, 5.74) is 0. The summed E-state index contributed by atoms with van der Waals surface area (Å²) in [5.74, 6) is -10.7. The molecule has 13 heavy (non-hydrogen) atoms. The standard InChI is InChI=1S/C5H3F8/c6-1-4(10,11)2(7)5(12,13)3(8)9/h2H,1H2. The molecule has 0 bridgehead atoms. The average Bonchev–Trinajstić information content (AvgIpc) is 2.02. The van der Waals surface area contributed by atoms with Crippen LogP contribution < -0.4 is 0 Å². The second kappa shape index (κ2) is 3.67. The lowest BCUT2D eigenvalue weighted by atomic mass is 10.1. The normalized spacial score (nSPS) is 16.4. The van der Waals surface area contributed by atoms with Crippen molar-refractivity contribution in [2.45, 2.75) is 18.0 Å². The maximum Gasteiger partial charge on any atom is 0.381 e. The third kappa shape index (κ3) is 2.44. The van der Waals surface area contributed by atoms with Gasteiger partial charge in [0.1, 0.15) is 0 Å². The molecule has 0 aromatic rings. The molecule has 1 atom stereocenters. The van der Waals surface area contributed by atoms with Crippen molar-refractivity contribution >= 4 is 0 Å². The van der Waals surface area contributed by atoms with Crippen LogP contribution in [0.25, 0.3) is 0 Å². The van der Waals surface area contributed by atoms with E-state index in [1.165, 1.54) is 0 Å². The summed E-state index contributed by atoms with van der Waals surface area (Å²) in [5, 5.41) is 0. The molecule has 0 aliphatic heterocycles. The summed E-state index contributed by atoms with van der Waals surface area (Å²) in [6.07, 6.45) is -8.37. The number of halogens is 8. The minimum absolute atomic E-state index is 2.77. The van der Waals surface area contributed by atoms with Gasteiger partial charge in [-0.2, -0.15) is 17.6 Å². The Morgan fingerprint density at radius 3 is 1.69 bits per heavy atom. The summed E-state index contributed by atoms with van der Waals surface area (Å²) < 4.78 is 92.9. The van der Waals surface area contributed by atoms with Crippen molar-refractivity contribution in [2.75, 3.05) is 6.67 Å². The lowest BCUT2D eigenvalue weighted by Gasteiger charge is -2.23. The van der Waals surface area contributed by atoms with E-state index in [1.807, 2.05) is 0 Å². The second-order valence-corrected chi connectivity index (χ2v) is 2.14. The van der Waals surface area contributed by atoms with E-state index in [0.29, 0.717) is 0 Å². The van der Waals surface area contributed by atoms with E-state index in [1.54, 1.807) is 0 Å². The van der Waals surface area contributed by atoms with E-state index in [2.05, 4.69) is 0 Å². The summed E-state index contributed by atoms with van der Waals surface area (Å²) in [4.78, 5) is 0. The van der Waals surface area contributed by atoms with Gasteiger partial charge >= 0.3 is 18.3 Å². The van der Waals surface area contributed by atoms with Crippen molar-refractivity contribution in [3.63, 3.8) is 0 Å². The van der Waals surface area contributed by atoms with Crippen molar-refractivity contribution in [2.24, 2.45) is 0 Å². The first kappa shape index (κ1) is 12.4. The third-order valence-corrected chi connectivity index (χ3v) is 1.12. The molecule has 0 aromatic heterocycles. The van der Waals surface area contributed by atoms with Gasteiger partial charge in [-0.1, -0.05) is 0 Å². The van der Waals surface area contributed by atoms with Crippen molar-refractivity contribution in [1.29, 1.82) is 0 Å². The predicted octanol–water partition coefficient (Wildman–Crippen LogP) is 2.99. The lowest BCUT2D eigenvalue weighted by molar-refractivity contribution is -0.202. The second-order valence-electron chi connectivity index (χ2n) is 2.14. The van der Waals surface area contributed by atoms with Gasteiger partial charge in [-0.15, -0.1) is 0 Å². The van der Waals surface area contributed by atoms with Crippen LogP contribution in [0.2, 0.25) is 0 Å². The smallest absolute Gasteiger partial charge is 0.244 e. The summed E-state index contributed by atoms with van der Waals surface area (Å²) >= 11 is 0. The van der Waals surface area contributed by atoms with Crippen molar-refractivity contribution in [1.82, 2.24) is 0 Å². The fourth-order valence-electron chi connectivity index (χ4n) is 0.429. The third-order valence-electron chi connectivity index (χ3n) is 1.12. The molecule has 0 nitrogen and oxygen atoms in total. The lowest BCUT2D eigenvalue weighted by Crippen LogP contribution is -2.47. The highest BCUT2D eigenvalue weighted by atomic mass is 19.3. The Morgan fingerprint density at radius 2 is 1.46 bits per heavy atom. The Labute approximate surface area is 67.5 Å². The van der Waals surface area contributed by atoms with E-state index in [-0.39, 0.29) is 0 Å². The molecule has 1 radical (unpaired) electrons. The molecule has 0 rings (SSSR count). The predicted molar refractivity (Wildman–Crippen MR) is 26.2 cm³/mol. The van der Waals surface area contributed by atoms with E-state index >= 15 is 0 Å². The first-order chi connectivity index (χ1) is 5.66. The van der Waals surface area contributed by atoms with E-state index < -0.39 is 31.1 Å². The van der Waals surface area contributed by atoms with E-state index in [0.717, 1.165) is 0 Å². The van der Waals surface area contributed by atoms with Gasteiger partial charge < -0.3 is 0 Å². The SMILES string of the molecule is FCC(F)(F)C(F)C(F)(F)[C](F)F. The van der Waals surface area contributed by atoms with Crippen LogP contribution in [0.4, 0.5) is 35.1 Å². The van der Waals surface area contributed by atoms with Crippen LogP contribution in [0, 0.1) is 6.43 Å². The number of rotatable bonds is 4. The number of alkyl halides is 6. The summed E-state index contributed by atoms with van der Waals surface area (Å²) in [6.45, 7) is -2.77. The average molecular weight is 215 g/mol. The molecule has 0 amide bonds. The maximum atomic E-state index is 12.0. The Bertz CT molecular complexity index is 164. The first-order valence-electron chi connectivity index (χ1n) is 2.80. The van der Waals surface area contributed by atoms with Gasteiger partial charge in [-0.05, 0) is 0 Å². The molecular formula is C5H3F8. The summed E-state index contributed by atoms with van der Waals surface area (Å²) in [6, 6.07) is 0. The van der Waals surface area contributed by atoms with Crippen LogP contribution in [0.5, 0.6) is 0 Å². The monoisotopic (exact) mass is 215 g/mol. The molecule has 0 aromatic carbocycles. The fourth-order valence-corrected chi connectivity index (χ4v) is 0.429. The Hall–Kier alpha value is -0.560. The van der Waals surface area contributed by atoms with Crippen LogP contribution in [-0.2, 0) is 0 Å². The molecule has 0 saturated carbocycles. The van der Waals surface area contributed by atoms with Crippen LogP contribution in [0.3, 0.4) is 0 Å². The quantitative estimate of drug-likeness (QED) is 0.632. The van der Waals surface area contributed by atoms with Crippen molar-refractivity contribution in [3.8, 4) is 0 Å². The van der Waals surface area contributed by atoms with E-state index in [9.17, 15) is 35.1 Å².